The lowest BCUT2D eigenvalue weighted by Gasteiger charge is -2.35. The van der Waals surface area contributed by atoms with Gasteiger partial charge >= 0.3 is 5.97 Å². The van der Waals surface area contributed by atoms with Gasteiger partial charge in [-0.05, 0) is 45.4 Å². The first kappa shape index (κ1) is 14.0. The normalized spacial score (nSPS) is 25.4. The van der Waals surface area contributed by atoms with Crippen LogP contribution in [0.15, 0.2) is 24.3 Å². The van der Waals surface area contributed by atoms with Gasteiger partial charge < -0.3 is 5.11 Å². The number of carbonyl (C=O) groups is 1. The van der Waals surface area contributed by atoms with Crippen molar-refractivity contribution in [3.05, 3.63) is 35.4 Å². The van der Waals surface area contributed by atoms with Gasteiger partial charge in [0.1, 0.15) is 6.17 Å². The molecule has 1 aromatic rings. The molecule has 1 fully saturated rings. The molecule has 0 spiro atoms. The molecule has 1 unspecified atom stereocenters. The monoisotopic (exact) mass is 263 g/mol. The molecule has 5 heteroatoms. The maximum atomic E-state index is 12.4. The van der Waals surface area contributed by atoms with Crippen molar-refractivity contribution >= 4 is 5.97 Å². The largest absolute Gasteiger partial charge is 0.478 e. The lowest BCUT2D eigenvalue weighted by molar-refractivity contribution is -0.228. The summed E-state index contributed by atoms with van der Waals surface area (Å²) in [5, 5.41) is 25.6. The first-order chi connectivity index (χ1) is 8.67. The van der Waals surface area contributed by atoms with Crippen molar-refractivity contribution in [2.24, 2.45) is 0 Å². The molecule has 1 radical (unpaired) electrons. The van der Waals surface area contributed by atoms with E-state index in [4.69, 9.17) is 5.11 Å². The van der Waals surface area contributed by atoms with E-state index in [1.807, 2.05) is 27.7 Å². The maximum absolute atomic E-state index is 12.4. The fourth-order valence-electron chi connectivity index (χ4n) is 2.20. The number of hydrogen-bond donors (Lipinski definition) is 2. The van der Waals surface area contributed by atoms with Gasteiger partial charge in [-0.15, -0.1) is 10.3 Å². The van der Waals surface area contributed by atoms with Crippen LogP contribution >= 0.6 is 0 Å². The predicted molar refractivity (Wildman–Crippen MR) is 70.0 cm³/mol. The topological polar surface area (TPSA) is 72.5 Å². The highest BCUT2D eigenvalue weighted by molar-refractivity contribution is 5.87. The van der Waals surface area contributed by atoms with E-state index >= 15 is 0 Å². The van der Waals surface area contributed by atoms with Crippen molar-refractivity contribution in [1.29, 1.82) is 0 Å². The molecule has 1 heterocycles. The van der Waals surface area contributed by atoms with E-state index in [9.17, 15) is 10.0 Å². The molecule has 5 nitrogen and oxygen atoms in total. The summed E-state index contributed by atoms with van der Waals surface area (Å²) in [5.41, 5.74) is 0.130. The van der Waals surface area contributed by atoms with Crippen LogP contribution in [0.5, 0.6) is 0 Å². The minimum atomic E-state index is -0.967. The van der Waals surface area contributed by atoms with Crippen molar-refractivity contribution in [2.75, 3.05) is 0 Å². The number of nitrogens with one attached hydrogen (secondary N) is 1. The van der Waals surface area contributed by atoms with Crippen molar-refractivity contribution in [2.45, 2.75) is 44.9 Å². The van der Waals surface area contributed by atoms with Crippen LogP contribution in [-0.4, -0.2) is 27.2 Å². The number of hydroxylamine groups is 2. The standard InChI is InChI=1S/C14H19N2O3/c1-13(2)14(3,4)16(19)11(15-13)9-5-7-10(8-6-9)12(17)18/h5-8,11,15H,1-4H3,(H,17,18). The minimum absolute atomic E-state index is 0.220. The Bertz CT molecular complexity index is 494. The lowest BCUT2D eigenvalue weighted by atomic mass is 9.84. The molecule has 1 aromatic carbocycles. The van der Waals surface area contributed by atoms with Crippen LogP contribution in [0.3, 0.4) is 0 Å². The van der Waals surface area contributed by atoms with Crippen molar-refractivity contribution in [1.82, 2.24) is 10.4 Å². The van der Waals surface area contributed by atoms with Gasteiger partial charge in [-0.25, -0.2) is 4.79 Å². The zero-order valence-corrected chi connectivity index (χ0v) is 11.6. The smallest absolute Gasteiger partial charge is 0.335 e. The SMILES string of the molecule is CC1(C)NC(c2ccc(C(=O)O)cc2)N([O])C1(C)C. The number of carboxylic acids is 1. The molecule has 1 atom stereocenters. The summed E-state index contributed by atoms with van der Waals surface area (Å²) >= 11 is 0. The first-order valence-electron chi connectivity index (χ1n) is 6.24. The molecular formula is C14H19N2O3. The lowest BCUT2D eigenvalue weighted by Crippen LogP contribution is -2.51. The quantitative estimate of drug-likeness (QED) is 0.858. The van der Waals surface area contributed by atoms with E-state index in [0.717, 1.165) is 10.6 Å². The van der Waals surface area contributed by atoms with Crippen LogP contribution in [0, 0.1) is 0 Å². The second-order valence-corrected chi connectivity index (χ2v) is 5.98. The molecule has 19 heavy (non-hydrogen) atoms. The molecule has 2 N–H and O–H groups in total. The average Bonchev–Trinajstić information content (AvgIpc) is 2.49. The van der Waals surface area contributed by atoms with E-state index in [-0.39, 0.29) is 11.1 Å². The highest BCUT2D eigenvalue weighted by Crippen LogP contribution is 2.40. The summed E-state index contributed by atoms with van der Waals surface area (Å²) in [6, 6.07) is 6.41. The molecule has 2 rings (SSSR count). The average molecular weight is 263 g/mol. The molecular weight excluding hydrogens is 244 g/mol. The molecule has 1 aliphatic rings. The van der Waals surface area contributed by atoms with Crippen LogP contribution in [0.25, 0.3) is 0 Å². The summed E-state index contributed by atoms with van der Waals surface area (Å²) in [6.45, 7) is 7.78. The van der Waals surface area contributed by atoms with Gasteiger partial charge in [0.15, 0.2) is 0 Å². The number of rotatable bonds is 2. The highest BCUT2D eigenvalue weighted by Gasteiger charge is 2.53. The van der Waals surface area contributed by atoms with E-state index in [2.05, 4.69) is 5.32 Å². The number of benzene rings is 1. The molecule has 103 valence electrons. The second-order valence-electron chi connectivity index (χ2n) is 5.98. The Morgan fingerprint density at radius 1 is 1.21 bits per heavy atom. The Hall–Kier alpha value is -1.43. The number of aromatic carboxylic acids is 1. The summed E-state index contributed by atoms with van der Waals surface area (Å²) in [6.07, 6.45) is -0.451. The zero-order chi connectivity index (χ0) is 14.4. The van der Waals surface area contributed by atoms with Crippen LogP contribution in [-0.2, 0) is 5.21 Å². The Morgan fingerprint density at radius 3 is 2.11 bits per heavy atom. The summed E-state index contributed by atoms with van der Waals surface area (Å²) in [5.74, 6) is -0.967. The third kappa shape index (κ3) is 2.14. The third-order valence-corrected chi connectivity index (χ3v) is 4.29. The first-order valence-corrected chi connectivity index (χ1v) is 6.24. The zero-order valence-electron chi connectivity index (χ0n) is 11.6. The number of nitrogens with zero attached hydrogens (tertiary/aromatic N) is 1. The van der Waals surface area contributed by atoms with E-state index in [1.54, 1.807) is 12.1 Å². The van der Waals surface area contributed by atoms with Crippen molar-refractivity contribution in [3.8, 4) is 0 Å². The minimum Gasteiger partial charge on any atom is -0.478 e. The highest BCUT2D eigenvalue weighted by atomic mass is 16.5. The van der Waals surface area contributed by atoms with Gasteiger partial charge in [-0.2, -0.15) is 0 Å². The molecule has 1 saturated heterocycles. The van der Waals surface area contributed by atoms with Crippen LogP contribution in [0.2, 0.25) is 0 Å². The Labute approximate surface area is 112 Å². The van der Waals surface area contributed by atoms with Crippen LogP contribution < -0.4 is 5.32 Å². The molecule has 0 aromatic heterocycles. The Kier molecular flexibility index (Phi) is 3.16. The number of carboxylic acid groups (broad SMARTS) is 1. The number of hydrogen-bond acceptors (Lipinski definition) is 3. The molecule has 0 amide bonds. The van der Waals surface area contributed by atoms with E-state index < -0.39 is 17.7 Å². The van der Waals surface area contributed by atoms with Crippen molar-refractivity contribution < 1.29 is 15.1 Å². The van der Waals surface area contributed by atoms with Gasteiger partial charge in [-0.3, -0.25) is 5.32 Å². The van der Waals surface area contributed by atoms with Gasteiger partial charge in [0.05, 0.1) is 11.1 Å². The second kappa shape index (κ2) is 4.30. The van der Waals surface area contributed by atoms with Crippen LogP contribution in [0.1, 0.15) is 49.8 Å². The van der Waals surface area contributed by atoms with Gasteiger partial charge in [0.2, 0.25) is 0 Å². The fraction of sp³-hybridized carbons (Fsp3) is 0.500. The summed E-state index contributed by atoms with van der Waals surface area (Å²) < 4.78 is 0. The third-order valence-electron chi connectivity index (χ3n) is 4.29. The van der Waals surface area contributed by atoms with Gasteiger partial charge in [-0.1, -0.05) is 12.1 Å². The maximum Gasteiger partial charge on any atom is 0.335 e. The molecule has 0 aliphatic carbocycles. The van der Waals surface area contributed by atoms with Crippen molar-refractivity contribution in [3.63, 3.8) is 0 Å². The van der Waals surface area contributed by atoms with Gasteiger partial charge in [0.25, 0.3) is 0 Å². The van der Waals surface area contributed by atoms with E-state index in [1.165, 1.54) is 12.1 Å². The fourth-order valence-corrected chi connectivity index (χ4v) is 2.20. The predicted octanol–water partition coefficient (Wildman–Crippen LogP) is 2.19. The van der Waals surface area contributed by atoms with Crippen LogP contribution in [0.4, 0.5) is 0 Å². The summed E-state index contributed by atoms with van der Waals surface area (Å²) in [4.78, 5) is 10.8. The summed E-state index contributed by atoms with van der Waals surface area (Å²) in [7, 11) is 0. The molecule has 1 aliphatic heterocycles. The van der Waals surface area contributed by atoms with E-state index in [0.29, 0.717) is 0 Å². The Balaban J connectivity index is 2.31. The molecule has 0 saturated carbocycles. The Morgan fingerprint density at radius 2 is 1.74 bits per heavy atom. The molecule has 0 bridgehead atoms. The van der Waals surface area contributed by atoms with Gasteiger partial charge in [0, 0.05) is 5.54 Å².